The van der Waals surface area contributed by atoms with E-state index in [0.29, 0.717) is 18.3 Å². The van der Waals surface area contributed by atoms with Gasteiger partial charge in [0.15, 0.2) is 0 Å². The Morgan fingerprint density at radius 3 is 2.55 bits per heavy atom. The van der Waals surface area contributed by atoms with Gasteiger partial charge < -0.3 is 19.8 Å². The highest BCUT2D eigenvalue weighted by Gasteiger charge is 2.27. The molecule has 1 aliphatic carbocycles. The highest BCUT2D eigenvalue weighted by Crippen LogP contribution is 2.33. The van der Waals surface area contributed by atoms with Crippen LogP contribution >= 0.6 is 0 Å². The Morgan fingerprint density at radius 1 is 1.10 bits per heavy atom. The van der Waals surface area contributed by atoms with Gasteiger partial charge in [-0.05, 0) is 62.4 Å². The molecule has 162 valence electrons. The number of hydrogen-bond donors (Lipinski definition) is 2. The van der Waals surface area contributed by atoms with Crippen LogP contribution in [0.3, 0.4) is 0 Å². The molecule has 0 bridgehead atoms. The van der Waals surface area contributed by atoms with Crippen LogP contribution in [-0.2, 0) is 6.54 Å². The van der Waals surface area contributed by atoms with E-state index >= 15 is 0 Å². The van der Waals surface area contributed by atoms with Gasteiger partial charge in [-0.1, -0.05) is 12.1 Å². The first kappa shape index (κ1) is 20.8. The van der Waals surface area contributed by atoms with E-state index in [2.05, 4.69) is 25.8 Å². The van der Waals surface area contributed by atoms with Crippen molar-refractivity contribution in [3.63, 3.8) is 0 Å². The Kier molecular flexibility index (Phi) is 6.45. The maximum atomic E-state index is 12.2. The Bertz CT molecular complexity index is 993. The molecular formula is C23H27N5O3. The predicted octanol–water partition coefficient (Wildman–Crippen LogP) is 3.97. The average Bonchev–Trinajstić information content (AvgIpc) is 3.29. The van der Waals surface area contributed by atoms with Gasteiger partial charge in [0.2, 0.25) is 11.8 Å². The van der Waals surface area contributed by atoms with E-state index in [0.717, 1.165) is 48.3 Å². The Labute approximate surface area is 181 Å². The molecule has 2 N–H and O–H groups in total. The normalized spacial score (nSPS) is 18.4. The van der Waals surface area contributed by atoms with Crippen molar-refractivity contribution in [1.82, 2.24) is 25.8 Å². The first-order valence-electron chi connectivity index (χ1n) is 10.5. The maximum absolute atomic E-state index is 12.2. The number of nitrogens with one attached hydrogen (secondary N) is 2. The minimum Gasteiger partial charge on any atom is -0.497 e. The molecule has 0 unspecified atom stereocenters. The number of pyridine rings is 1. The van der Waals surface area contributed by atoms with E-state index in [1.807, 2.05) is 43.3 Å². The predicted molar refractivity (Wildman–Crippen MR) is 116 cm³/mol. The van der Waals surface area contributed by atoms with Crippen LogP contribution in [0.4, 0.5) is 4.79 Å². The van der Waals surface area contributed by atoms with Crippen LogP contribution in [0.5, 0.6) is 5.75 Å². The van der Waals surface area contributed by atoms with Crippen LogP contribution in [0.1, 0.15) is 48.7 Å². The van der Waals surface area contributed by atoms with Crippen molar-refractivity contribution < 1.29 is 13.9 Å². The summed E-state index contributed by atoms with van der Waals surface area (Å²) in [6.45, 7) is 2.42. The van der Waals surface area contributed by atoms with E-state index in [1.165, 1.54) is 0 Å². The fourth-order valence-corrected chi connectivity index (χ4v) is 3.76. The number of ether oxygens (including phenoxy) is 1. The van der Waals surface area contributed by atoms with Gasteiger partial charge in [-0.25, -0.2) is 4.79 Å². The molecule has 1 saturated carbocycles. The van der Waals surface area contributed by atoms with Crippen molar-refractivity contribution in [3.05, 3.63) is 59.7 Å². The molecule has 2 amide bonds. The van der Waals surface area contributed by atoms with Crippen molar-refractivity contribution in [2.45, 2.75) is 51.1 Å². The molecule has 1 fully saturated rings. The largest absolute Gasteiger partial charge is 0.497 e. The number of aryl methyl sites for hydroxylation is 1. The molecule has 0 atom stereocenters. The number of nitrogens with zero attached hydrogens (tertiary/aromatic N) is 3. The van der Waals surface area contributed by atoms with Gasteiger partial charge in [-0.2, -0.15) is 0 Å². The van der Waals surface area contributed by atoms with Crippen LogP contribution in [0, 0.1) is 6.92 Å². The first-order chi connectivity index (χ1) is 15.1. The first-order valence-corrected chi connectivity index (χ1v) is 10.5. The topological polar surface area (TPSA) is 102 Å². The Morgan fingerprint density at radius 2 is 1.87 bits per heavy atom. The number of urea groups is 1. The molecule has 1 aromatic carbocycles. The van der Waals surface area contributed by atoms with Crippen LogP contribution in [0.15, 0.2) is 47.0 Å². The fourth-order valence-electron chi connectivity index (χ4n) is 3.76. The molecule has 0 radical (unpaired) electrons. The molecular weight excluding hydrogens is 394 g/mol. The third kappa shape index (κ3) is 5.39. The fraction of sp³-hybridized carbons (Fsp3) is 0.391. The number of hydrogen-bond acceptors (Lipinski definition) is 6. The summed E-state index contributed by atoms with van der Waals surface area (Å²) >= 11 is 0. The lowest BCUT2D eigenvalue weighted by Crippen LogP contribution is -2.43. The minimum atomic E-state index is -0.147. The zero-order valence-corrected chi connectivity index (χ0v) is 17.8. The number of aromatic nitrogens is 3. The summed E-state index contributed by atoms with van der Waals surface area (Å²) in [7, 11) is 1.63. The second kappa shape index (κ2) is 9.59. The lowest BCUT2D eigenvalue weighted by Gasteiger charge is -2.27. The van der Waals surface area contributed by atoms with Crippen LogP contribution in [0.2, 0.25) is 0 Å². The van der Waals surface area contributed by atoms with Crippen molar-refractivity contribution in [1.29, 1.82) is 0 Å². The molecule has 0 aliphatic heterocycles. The number of amides is 2. The summed E-state index contributed by atoms with van der Waals surface area (Å²) in [6.07, 6.45) is 5.31. The monoisotopic (exact) mass is 421 g/mol. The quantitative estimate of drug-likeness (QED) is 0.624. The summed E-state index contributed by atoms with van der Waals surface area (Å²) < 4.78 is 11.0. The maximum Gasteiger partial charge on any atom is 0.315 e. The molecule has 4 rings (SSSR count). The molecule has 2 aromatic heterocycles. The number of carbonyl (C=O) groups is 1. The highest BCUT2D eigenvalue weighted by atomic mass is 16.5. The number of benzene rings is 1. The summed E-state index contributed by atoms with van der Waals surface area (Å²) in [4.78, 5) is 16.5. The summed E-state index contributed by atoms with van der Waals surface area (Å²) in [5, 5.41) is 14.4. The van der Waals surface area contributed by atoms with Crippen molar-refractivity contribution >= 4 is 6.03 Å². The van der Waals surface area contributed by atoms with E-state index in [1.54, 1.807) is 13.3 Å². The van der Waals surface area contributed by atoms with Crippen LogP contribution in [0.25, 0.3) is 11.5 Å². The average molecular weight is 422 g/mol. The number of methoxy groups -OCH3 is 1. The molecule has 8 heteroatoms. The Hall–Kier alpha value is -3.42. The SMILES string of the molecule is COc1ccc(CNC(=O)NC2CCC(c3nnc(-c4ccc(C)nc4)o3)CC2)cc1. The second-order valence-corrected chi connectivity index (χ2v) is 7.86. The lowest BCUT2D eigenvalue weighted by atomic mass is 9.86. The summed E-state index contributed by atoms with van der Waals surface area (Å²) in [5.74, 6) is 2.19. The third-order valence-corrected chi connectivity index (χ3v) is 5.62. The van der Waals surface area contributed by atoms with Crippen LogP contribution < -0.4 is 15.4 Å². The van der Waals surface area contributed by atoms with Crippen molar-refractivity contribution in [3.8, 4) is 17.2 Å². The second-order valence-electron chi connectivity index (χ2n) is 7.86. The molecule has 2 heterocycles. The van der Waals surface area contributed by atoms with E-state index in [-0.39, 0.29) is 18.0 Å². The van der Waals surface area contributed by atoms with Gasteiger partial charge in [0.05, 0.1) is 12.7 Å². The van der Waals surface area contributed by atoms with E-state index in [4.69, 9.17) is 9.15 Å². The lowest BCUT2D eigenvalue weighted by molar-refractivity contribution is 0.229. The van der Waals surface area contributed by atoms with Gasteiger partial charge in [-0.3, -0.25) is 4.98 Å². The van der Waals surface area contributed by atoms with Gasteiger partial charge in [0.25, 0.3) is 0 Å². The van der Waals surface area contributed by atoms with E-state index < -0.39 is 0 Å². The zero-order valence-electron chi connectivity index (χ0n) is 17.8. The van der Waals surface area contributed by atoms with Gasteiger partial charge in [-0.15, -0.1) is 10.2 Å². The molecule has 3 aromatic rings. The third-order valence-electron chi connectivity index (χ3n) is 5.62. The van der Waals surface area contributed by atoms with Crippen molar-refractivity contribution in [2.24, 2.45) is 0 Å². The smallest absolute Gasteiger partial charge is 0.315 e. The minimum absolute atomic E-state index is 0.147. The molecule has 0 saturated heterocycles. The highest BCUT2D eigenvalue weighted by molar-refractivity contribution is 5.74. The summed E-state index contributed by atoms with van der Waals surface area (Å²) in [5.41, 5.74) is 2.80. The van der Waals surface area contributed by atoms with Crippen molar-refractivity contribution in [2.75, 3.05) is 7.11 Å². The standard InChI is InChI=1S/C23H27N5O3/c1-15-3-6-18(14-24-15)22-28-27-21(31-22)17-7-9-19(10-8-17)26-23(29)25-13-16-4-11-20(30-2)12-5-16/h3-6,11-12,14,17,19H,7-10,13H2,1-2H3,(H2,25,26,29). The Balaban J connectivity index is 1.23. The molecule has 0 spiro atoms. The molecule has 8 nitrogen and oxygen atoms in total. The molecule has 31 heavy (non-hydrogen) atoms. The van der Waals surface area contributed by atoms with Gasteiger partial charge >= 0.3 is 6.03 Å². The van der Waals surface area contributed by atoms with Gasteiger partial charge in [0, 0.05) is 30.4 Å². The summed E-state index contributed by atoms with van der Waals surface area (Å²) in [6, 6.07) is 11.5. The molecule has 1 aliphatic rings. The van der Waals surface area contributed by atoms with Crippen LogP contribution in [-0.4, -0.2) is 34.4 Å². The zero-order chi connectivity index (χ0) is 21.6. The van der Waals surface area contributed by atoms with E-state index in [9.17, 15) is 4.79 Å². The number of rotatable bonds is 6. The van der Waals surface area contributed by atoms with Gasteiger partial charge in [0.1, 0.15) is 5.75 Å². The number of carbonyl (C=O) groups excluding carboxylic acids is 1.